The number of nitrogens with one attached hydrogen (secondary N) is 1. The molecule has 0 saturated carbocycles. The van der Waals surface area contributed by atoms with Crippen LogP contribution in [-0.4, -0.2) is 29.1 Å². The van der Waals surface area contributed by atoms with Crippen molar-refractivity contribution in [3.05, 3.63) is 87.4 Å². The van der Waals surface area contributed by atoms with E-state index in [9.17, 15) is 27.5 Å². The van der Waals surface area contributed by atoms with Gasteiger partial charge in [-0.1, -0.05) is 24.9 Å². The van der Waals surface area contributed by atoms with E-state index in [1.165, 1.54) is 30.0 Å². The van der Waals surface area contributed by atoms with Crippen LogP contribution in [-0.2, 0) is 13.1 Å². The Balaban J connectivity index is 1.56. The molecule has 39 heavy (non-hydrogen) atoms. The Labute approximate surface area is 233 Å². The van der Waals surface area contributed by atoms with Gasteiger partial charge in [0.05, 0.1) is 29.1 Å². The Morgan fingerprint density at radius 2 is 1.79 bits per heavy atom. The molecule has 208 valence electrons. The largest absolute Gasteiger partial charge is 0.492 e. The second kappa shape index (κ2) is 12.5. The summed E-state index contributed by atoms with van der Waals surface area (Å²) in [7, 11) is 0. The van der Waals surface area contributed by atoms with Crippen LogP contribution in [0.2, 0.25) is 5.02 Å². The van der Waals surface area contributed by atoms with Crippen LogP contribution in [0, 0.1) is 23.3 Å². The van der Waals surface area contributed by atoms with E-state index < -0.39 is 47.5 Å². The molecule has 1 heterocycles. The minimum absolute atomic E-state index is 0.0522. The first-order valence-electron chi connectivity index (χ1n) is 12.4. The molecule has 0 aliphatic carbocycles. The fraction of sp³-hybridized carbons (Fsp3) is 0.321. The molecule has 0 spiro atoms. The Hall–Kier alpha value is -2.95. The zero-order chi connectivity index (χ0) is 28.3. The van der Waals surface area contributed by atoms with Gasteiger partial charge in [-0.3, -0.25) is 4.79 Å². The van der Waals surface area contributed by atoms with E-state index in [0.717, 1.165) is 12.8 Å². The van der Waals surface area contributed by atoms with Crippen molar-refractivity contribution < 1.29 is 32.2 Å². The third-order valence-electron chi connectivity index (χ3n) is 6.35. The number of carbonyl (C=O) groups excluding carboxylic acids is 1. The van der Waals surface area contributed by atoms with Gasteiger partial charge in [-0.2, -0.15) is 0 Å². The highest BCUT2D eigenvalue weighted by molar-refractivity contribution is 8.00. The van der Waals surface area contributed by atoms with Crippen molar-refractivity contribution in [2.75, 3.05) is 11.5 Å². The minimum Gasteiger partial charge on any atom is -0.492 e. The first kappa shape index (κ1) is 29.0. The molecule has 0 radical (unpaired) electrons. The lowest BCUT2D eigenvalue weighted by atomic mass is 10.1. The highest BCUT2D eigenvalue weighted by Crippen LogP contribution is 2.43. The number of fused-ring (bicyclic) bond motifs is 1. The van der Waals surface area contributed by atoms with Gasteiger partial charge in [0, 0.05) is 40.3 Å². The van der Waals surface area contributed by atoms with Crippen molar-refractivity contribution in [2.45, 2.75) is 56.2 Å². The number of carbonyl (C=O) groups is 1. The SMILES string of the molecule is CCCCOc1ccc(F)c(CN2c3ccc(C(=O)NCc4c(F)cc(F)cc4F)cc3SC(C)C2O)c1Cl. The lowest BCUT2D eigenvalue weighted by Crippen LogP contribution is -2.44. The molecule has 1 amide bonds. The van der Waals surface area contributed by atoms with Gasteiger partial charge in [-0.25, -0.2) is 17.6 Å². The number of aliphatic hydroxyl groups excluding tert-OH is 1. The molecule has 11 heteroatoms. The van der Waals surface area contributed by atoms with E-state index in [4.69, 9.17) is 16.3 Å². The summed E-state index contributed by atoms with van der Waals surface area (Å²) >= 11 is 7.83. The number of halogens is 5. The average molecular weight is 583 g/mol. The number of benzene rings is 3. The van der Waals surface area contributed by atoms with Gasteiger partial charge < -0.3 is 20.1 Å². The lowest BCUT2D eigenvalue weighted by molar-refractivity contribution is 0.0950. The van der Waals surface area contributed by atoms with Gasteiger partial charge in [-0.05, 0) is 43.7 Å². The molecule has 3 aromatic carbocycles. The first-order chi connectivity index (χ1) is 18.6. The molecular formula is C28H27ClF4N2O3S. The monoisotopic (exact) mass is 582 g/mol. The van der Waals surface area contributed by atoms with Gasteiger partial charge in [0.25, 0.3) is 5.91 Å². The van der Waals surface area contributed by atoms with Crippen LogP contribution in [0.3, 0.4) is 0 Å². The van der Waals surface area contributed by atoms with Gasteiger partial charge in [0.1, 0.15) is 35.2 Å². The van der Waals surface area contributed by atoms with E-state index >= 15 is 0 Å². The molecule has 0 aromatic heterocycles. The maximum absolute atomic E-state index is 14.9. The van der Waals surface area contributed by atoms with E-state index in [1.807, 2.05) is 6.92 Å². The number of nitrogens with zero attached hydrogens (tertiary/aromatic N) is 1. The van der Waals surface area contributed by atoms with Gasteiger partial charge >= 0.3 is 0 Å². The van der Waals surface area contributed by atoms with Crippen LogP contribution in [0.25, 0.3) is 0 Å². The van der Waals surface area contributed by atoms with Crippen LogP contribution in [0.5, 0.6) is 5.75 Å². The van der Waals surface area contributed by atoms with Gasteiger partial charge in [0.2, 0.25) is 0 Å². The molecule has 0 saturated heterocycles. The standard InChI is InChI=1S/C28H27ClF4N2O3S/c1-3-4-9-38-24-8-6-20(31)19(26(24)29)14-35-23-7-5-16(10-25(23)39-15(2)28(35)37)27(36)34-13-18-21(32)11-17(30)12-22(18)33/h5-8,10-12,15,28,37H,3-4,9,13-14H2,1-2H3,(H,34,36). The summed E-state index contributed by atoms with van der Waals surface area (Å²) in [5.74, 6) is -4.03. The molecular weight excluding hydrogens is 556 g/mol. The topological polar surface area (TPSA) is 61.8 Å². The third-order valence-corrected chi connectivity index (χ3v) is 7.96. The fourth-order valence-corrected chi connectivity index (χ4v) is 5.60. The molecule has 2 unspecified atom stereocenters. The molecule has 0 fully saturated rings. The zero-order valence-corrected chi connectivity index (χ0v) is 22.8. The molecule has 5 nitrogen and oxygen atoms in total. The van der Waals surface area contributed by atoms with E-state index in [1.54, 1.807) is 24.0 Å². The van der Waals surface area contributed by atoms with Gasteiger partial charge in [-0.15, -0.1) is 11.8 Å². The zero-order valence-electron chi connectivity index (χ0n) is 21.2. The van der Waals surface area contributed by atoms with Gasteiger partial charge in [0.15, 0.2) is 0 Å². The number of aliphatic hydroxyl groups is 1. The highest BCUT2D eigenvalue weighted by atomic mass is 35.5. The third kappa shape index (κ3) is 6.45. The van der Waals surface area contributed by atoms with Crippen molar-refractivity contribution >= 4 is 35.0 Å². The molecule has 1 aliphatic rings. The normalized spacial score (nSPS) is 16.7. The van der Waals surface area contributed by atoms with E-state index in [0.29, 0.717) is 35.1 Å². The summed E-state index contributed by atoms with van der Waals surface area (Å²) in [5.41, 5.74) is 0.480. The molecule has 2 atom stereocenters. The van der Waals surface area contributed by atoms with Crippen molar-refractivity contribution in [1.82, 2.24) is 5.32 Å². The van der Waals surface area contributed by atoms with Crippen LogP contribution in [0.4, 0.5) is 23.2 Å². The summed E-state index contributed by atoms with van der Waals surface area (Å²) in [6.07, 6.45) is 0.768. The number of amides is 1. The maximum Gasteiger partial charge on any atom is 0.251 e. The first-order valence-corrected chi connectivity index (χ1v) is 13.6. The molecule has 2 N–H and O–H groups in total. The second-order valence-corrected chi connectivity index (χ2v) is 10.9. The summed E-state index contributed by atoms with van der Waals surface area (Å²) in [6.45, 7) is 3.73. The number of ether oxygens (including phenoxy) is 1. The predicted molar refractivity (Wildman–Crippen MR) is 143 cm³/mol. The number of hydrogen-bond acceptors (Lipinski definition) is 5. The second-order valence-electron chi connectivity index (χ2n) is 9.12. The molecule has 4 rings (SSSR count). The number of hydrogen-bond donors (Lipinski definition) is 2. The summed E-state index contributed by atoms with van der Waals surface area (Å²) in [6, 6.07) is 8.53. The Morgan fingerprint density at radius 3 is 2.49 bits per heavy atom. The molecule has 3 aromatic rings. The predicted octanol–water partition coefficient (Wildman–Crippen LogP) is 6.82. The van der Waals surface area contributed by atoms with Crippen LogP contribution in [0.1, 0.15) is 48.2 Å². The van der Waals surface area contributed by atoms with Crippen molar-refractivity contribution in [3.8, 4) is 5.75 Å². The van der Waals surface area contributed by atoms with Crippen LogP contribution >= 0.6 is 23.4 Å². The van der Waals surface area contributed by atoms with Crippen LogP contribution < -0.4 is 15.0 Å². The highest BCUT2D eigenvalue weighted by Gasteiger charge is 2.33. The van der Waals surface area contributed by atoms with Crippen LogP contribution in [0.15, 0.2) is 47.4 Å². The average Bonchev–Trinajstić information content (AvgIpc) is 2.88. The minimum atomic E-state index is -1.10. The lowest BCUT2D eigenvalue weighted by Gasteiger charge is -2.39. The number of anilines is 1. The quantitative estimate of drug-likeness (QED) is 0.214. The smallest absolute Gasteiger partial charge is 0.251 e. The Bertz CT molecular complexity index is 1350. The van der Waals surface area contributed by atoms with E-state index in [2.05, 4.69) is 5.32 Å². The summed E-state index contributed by atoms with van der Waals surface area (Å²) in [5, 5.41) is 13.2. The van der Waals surface area contributed by atoms with Crippen molar-refractivity contribution in [2.24, 2.45) is 0 Å². The summed E-state index contributed by atoms with van der Waals surface area (Å²) < 4.78 is 61.6. The van der Waals surface area contributed by atoms with Crippen molar-refractivity contribution in [3.63, 3.8) is 0 Å². The molecule has 0 bridgehead atoms. The van der Waals surface area contributed by atoms with Crippen molar-refractivity contribution in [1.29, 1.82) is 0 Å². The Kier molecular flexibility index (Phi) is 9.30. The maximum atomic E-state index is 14.9. The van der Waals surface area contributed by atoms with E-state index in [-0.39, 0.29) is 27.9 Å². The number of unbranched alkanes of at least 4 members (excludes halogenated alkanes) is 1. The summed E-state index contributed by atoms with van der Waals surface area (Å²) in [4.78, 5) is 15.0. The Morgan fingerprint density at radius 1 is 1.08 bits per heavy atom. The number of thioether (sulfide) groups is 1. The fourth-order valence-electron chi connectivity index (χ4n) is 4.16. The number of rotatable bonds is 9. The molecule has 1 aliphatic heterocycles.